The summed E-state index contributed by atoms with van der Waals surface area (Å²) >= 11 is 0. The van der Waals surface area contributed by atoms with Crippen molar-refractivity contribution in [3.63, 3.8) is 0 Å². The standard InChI is InChI=1S/C13H23N3O.5C2H4O2/c1-2-17-13-5-3-12(4-6-13)11-16-10-9-15-8-7-14;5*1-2(3)4/h3-6,15-16H,2,7-11,14H2,1H3;5*1H3,(H,3,4). The molecule has 0 aliphatic rings. The fourth-order valence-corrected chi connectivity index (χ4v) is 1.51. The van der Waals surface area contributed by atoms with Crippen LogP contribution in [0.2, 0.25) is 0 Å². The molecule has 1 aromatic carbocycles. The van der Waals surface area contributed by atoms with Crippen molar-refractivity contribution in [2.24, 2.45) is 5.73 Å². The molecule has 0 fully saturated rings. The Kier molecular flexibility index (Phi) is 40.3. The summed E-state index contributed by atoms with van der Waals surface area (Å²) in [5, 5.41) is 43.7. The minimum absolute atomic E-state index is 0.693. The average Bonchev–Trinajstić information content (AvgIpc) is 2.70. The van der Waals surface area contributed by atoms with E-state index in [1.165, 1.54) is 5.56 Å². The van der Waals surface area contributed by atoms with Gasteiger partial charge in [-0.1, -0.05) is 12.1 Å². The van der Waals surface area contributed by atoms with Gasteiger partial charge in [0.15, 0.2) is 0 Å². The number of carboxylic acid groups (broad SMARTS) is 5. The molecule has 37 heavy (non-hydrogen) atoms. The Morgan fingerprint density at radius 1 is 0.676 bits per heavy atom. The van der Waals surface area contributed by atoms with Gasteiger partial charge in [-0.25, -0.2) is 0 Å². The normalized spacial score (nSPS) is 8.19. The van der Waals surface area contributed by atoms with Gasteiger partial charge in [0.2, 0.25) is 0 Å². The van der Waals surface area contributed by atoms with E-state index >= 15 is 0 Å². The third-order valence-electron chi connectivity index (χ3n) is 2.36. The first-order valence-corrected chi connectivity index (χ1v) is 10.8. The van der Waals surface area contributed by atoms with Crippen molar-refractivity contribution in [2.45, 2.75) is 48.1 Å². The van der Waals surface area contributed by atoms with Gasteiger partial charge in [-0.15, -0.1) is 0 Å². The highest BCUT2D eigenvalue weighted by atomic mass is 16.5. The zero-order valence-corrected chi connectivity index (χ0v) is 22.3. The minimum Gasteiger partial charge on any atom is -0.494 e. The van der Waals surface area contributed by atoms with Crippen molar-refractivity contribution in [3.8, 4) is 5.75 Å². The molecule has 0 unspecified atom stereocenters. The second-order valence-corrected chi connectivity index (χ2v) is 6.39. The summed E-state index contributed by atoms with van der Waals surface area (Å²) in [5.41, 5.74) is 6.65. The van der Waals surface area contributed by atoms with Gasteiger partial charge in [0.1, 0.15) is 5.75 Å². The van der Waals surface area contributed by atoms with Gasteiger partial charge in [0, 0.05) is 67.3 Å². The molecule has 0 amide bonds. The smallest absolute Gasteiger partial charge is 0.300 e. The Hall–Kier alpha value is -3.75. The second kappa shape index (κ2) is 34.4. The number of ether oxygens (including phenoxy) is 1. The van der Waals surface area contributed by atoms with E-state index in [4.69, 9.17) is 60.0 Å². The average molecular weight is 538 g/mol. The highest BCUT2D eigenvalue weighted by Crippen LogP contribution is 2.11. The van der Waals surface area contributed by atoms with Crippen LogP contribution in [0.3, 0.4) is 0 Å². The number of nitrogens with one attached hydrogen (secondary N) is 2. The van der Waals surface area contributed by atoms with Crippen LogP contribution in [0.5, 0.6) is 5.75 Å². The minimum atomic E-state index is -0.833. The van der Waals surface area contributed by atoms with Gasteiger partial charge in [-0.3, -0.25) is 24.0 Å². The summed E-state index contributed by atoms with van der Waals surface area (Å²) in [6.45, 7) is 12.5. The third-order valence-corrected chi connectivity index (χ3v) is 2.36. The Bertz CT molecular complexity index is 623. The number of carbonyl (C=O) groups is 5. The molecule has 1 aromatic rings. The number of aliphatic carboxylic acids is 5. The highest BCUT2D eigenvalue weighted by molar-refractivity contribution is 5.63. The van der Waals surface area contributed by atoms with E-state index in [9.17, 15) is 0 Å². The molecule has 14 nitrogen and oxygen atoms in total. The van der Waals surface area contributed by atoms with Crippen LogP contribution in [0.15, 0.2) is 24.3 Å². The number of hydrogen-bond acceptors (Lipinski definition) is 9. The van der Waals surface area contributed by atoms with Gasteiger partial charge in [-0.05, 0) is 24.6 Å². The Labute approximate surface area is 217 Å². The van der Waals surface area contributed by atoms with E-state index in [1.807, 2.05) is 19.1 Å². The largest absolute Gasteiger partial charge is 0.494 e. The van der Waals surface area contributed by atoms with Crippen molar-refractivity contribution in [2.75, 3.05) is 32.8 Å². The first-order valence-electron chi connectivity index (χ1n) is 10.8. The molecule has 0 bridgehead atoms. The zero-order chi connectivity index (χ0) is 30.2. The second-order valence-electron chi connectivity index (χ2n) is 6.39. The number of rotatable bonds is 9. The summed E-state index contributed by atoms with van der Waals surface area (Å²) in [7, 11) is 0. The molecule has 9 N–H and O–H groups in total. The van der Waals surface area contributed by atoms with Crippen molar-refractivity contribution in [3.05, 3.63) is 29.8 Å². The number of hydrogen-bond donors (Lipinski definition) is 8. The SMILES string of the molecule is CC(=O)O.CC(=O)O.CC(=O)O.CC(=O)O.CC(=O)O.CCOc1ccc(CNCCNCCN)cc1. The van der Waals surface area contributed by atoms with Gasteiger partial charge < -0.3 is 46.6 Å². The van der Waals surface area contributed by atoms with Gasteiger partial charge >= 0.3 is 0 Å². The molecule has 0 heterocycles. The van der Waals surface area contributed by atoms with Crippen LogP contribution >= 0.6 is 0 Å². The molecule has 0 saturated heterocycles. The molecule has 0 spiro atoms. The maximum atomic E-state index is 9.00. The van der Waals surface area contributed by atoms with Crippen molar-refractivity contribution in [1.82, 2.24) is 10.6 Å². The topological polar surface area (TPSA) is 246 Å². The summed E-state index contributed by atoms with van der Waals surface area (Å²) in [6.07, 6.45) is 0. The lowest BCUT2D eigenvalue weighted by molar-refractivity contribution is -0.135. The monoisotopic (exact) mass is 537 g/mol. The summed E-state index contributed by atoms with van der Waals surface area (Å²) in [4.78, 5) is 45.0. The lowest BCUT2D eigenvalue weighted by Crippen LogP contribution is -2.30. The van der Waals surface area contributed by atoms with E-state index in [2.05, 4.69) is 22.8 Å². The molecule has 0 aromatic heterocycles. The van der Waals surface area contributed by atoms with Crippen LogP contribution in [0.4, 0.5) is 0 Å². The van der Waals surface area contributed by atoms with Crippen LogP contribution in [0.1, 0.15) is 47.1 Å². The highest BCUT2D eigenvalue weighted by Gasteiger charge is 1.94. The third kappa shape index (κ3) is 99.2. The fraction of sp³-hybridized carbons (Fsp3) is 0.522. The molecule has 0 radical (unpaired) electrons. The van der Waals surface area contributed by atoms with Crippen molar-refractivity contribution < 1.29 is 54.2 Å². The predicted octanol–water partition coefficient (Wildman–Crippen LogP) is 1.18. The Morgan fingerprint density at radius 3 is 1.30 bits per heavy atom. The van der Waals surface area contributed by atoms with Crippen LogP contribution < -0.4 is 21.1 Å². The first-order chi connectivity index (χ1) is 17.0. The van der Waals surface area contributed by atoms with Gasteiger partial charge in [0.05, 0.1) is 6.61 Å². The van der Waals surface area contributed by atoms with Crippen LogP contribution in [0.25, 0.3) is 0 Å². The van der Waals surface area contributed by atoms with Crippen molar-refractivity contribution >= 4 is 29.8 Å². The quantitative estimate of drug-likeness (QED) is 0.206. The first kappa shape index (κ1) is 43.3. The number of nitrogens with two attached hydrogens (primary N) is 1. The van der Waals surface area contributed by atoms with E-state index in [1.54, 1.807) is 0 Å². The Balaban J connectivity index is -0.000000139. The molecule has 0 saturated carbocycles. The molecule has 0 atom stereocenters. The fourth-order valence-electron chi connectivity index (χ4n) is 1.51. The maximum Gasteiger partial charge on any atom is 0.300 e. The maximum absolute atomic E-state index is 9.00. The van der Waals surface area contributed by atoms with E-state index < -0.39 is 29.8 Å². The molecule has 0 aliphatic heterocycles. The molecular weight excluding hydrogens is 494 g/mol. The number of benzene rings is 1. The zero-order valence-electron chi connectivity index (χ0n) is 22.3. The summed E-state index contributed by atoms with van der Waals surface area (Å²) in [6, 6.07) is 8.19. The molecule has 0 aliphatic carbocycles. The van der Waals surface area contributed by atoms with E-state index in [0.29, 0.717) is 13.2 Å². The molecule has 216 valence electrons. The molecular formula is C23H43N3O11. The van der Waals surface area contributed by atoms with Crippen LogP contribution in [0, 0.1) is 0 Å². The number of carboxylic acids is 5. The molecule has 1 rings (SSSR count). The predicted molar refractivity (Wildman–Crippen MR) is 138 cm³/mol. The summed E-state index contributed by atoms with van der Waals surface area (Å²) in [5.74, 6) is -3.24. The summed E-state index contributed by atoms with van der Waals surface area (Å²) < 4.78 is 5.39. The van der Waals surface area contributed by atoms with E-state index in [-0.39, 0.29) is 0 Å². The lowest BCUT2D eigenvalue weighted by Gasteiger charge is -2.07. The van der Waals surface area contributed by atoms with Gasteiger partial charge in [-0.2, -0.15) is 0 Å². The van der Waals surface area contributed by atoms with E-state index in [0.717, 1.165) is 66.5 Å². The van der Waals surface area contributed by atoms with Crippen LogP contribution in [-0.4, -0.2) is 88.2 Å². The Morgan fingerprint density at radius 2 is 1.00 bits per heavy atom. The van der Waals surface area contributed by atoms with Crippen molar-refractivity contribution in [1.29, 1.82) is 0 Å². The lowest BCUT2D eigenvalue weighted by atomic mass is 10.2. The van der Waals surface area contributed by atoms with Gasteiger partial charge in [0.25, 0.3) is 29.8 Å². The molecule has 14 heteroatoms. The van der Waals surface area contributed by atoms with Crippen LogP contribution in [-0.2, 0) is 30.5 Å².